The van der Waals surface area contributed by atoms with Crippen LogP contribution in [0.4, 0.5) is 5.95 Å². The molecule has 0 spiro atoms. The number of sulfonamides is 1. The van der Waals surface area contributed by atoms with E-state index in [0.717, 1.165) is 42.7 Å². The number of ether oxygens (including phenoxy) is 2. The van der Waals surface area contributed by atoms with Crippen molar-refractivity contribution in [2.45, 2.75) is 43.7 Å². The average Bonchev–Trinajstić information content (AvgIpc) is 3.15. The van der Waals surface area contributed by atoms with Crippen LogP contribution >= 0.6 is 0 Å². The minimum atomic E-state index is -4.08. The van der Waals surface area contributed by atoms with E-state index in [2.05, 4.69) is 19.6 Å². The summed E-state index contributed by atoms with van der Waals surface area (Å²) in [6.07, 6.45) is 1.47. The maximum absolute atomic E-state index is 13.7. The Kier molecular flexibility index (Phi) is 7.20. The van der Waals surface area contributed by atoms with Crippen LogP contribution in [-0.2, 0) is 14.8 Å². The highest BCUT2D eigenvalue weighted by Crippen LogP contribution is 2.30. The van der Waals surface area contributed by atoms with Crippen molar-refractivity contribution in [3.8, 4) is 17.1 Å². The van der Waals surface area contributed by atoms with Crippen molar-refractivity contribution in [1.29, 1.82) is 0 Å². The van der Waals surface area contributed by atoms with E-state index in [4.69, 9.17) is 9.47 Å². The van der Waals surface area contributed by atoms with Gasteiger partial charge in [-0.3, -0.25) is 9.69 Å². The molecule has 6 rings (SSSR count). The van der Waals surface area contributed by atoms with Gasteiger partial charge in [-0.2, -0.15) is 4.98 Å². The number of hydrogen-bond donors (Lipinski definition) is 1. The quantitative estimate of drug-likeness (QED) is 0.506. The van der Waals surface area contributed by atoms with Crippen molar-refractivity contribution in [2.24, 2.45) is 0 Å². The first kappa shape index (κ1) is 26.7. The average molecular weight is 564 g/mol. The molecule has 1 aromatic heterocycles. The second kappa shape index (κ2) is 10.8. The lowest BCUT2D eigenvalue weighted by atomic mass is 10.00. The molecule has 0 saturated carbocycles. The molecule has 0 aliphatic carbocycles. The third-order valence-corrected chi connectivity index (χ3v) is 9.18. The summed E-state index contributed by atoms with van der Waals surface area (Å²) < 4.78 is 41.4. The van der Waals surface area contributed by atoms with Gasteiger partial charge in [0.05, 0.1) is 17.1 Å². The zero-order valence-corrected chi connectivity index (χ0v) is 23.5. The minimum Gasteiger partial charge on any atom is -0.471 e. The second-order valence-electron chi connectivity index (χ2n) is 10.6. The molecular formula is C29H33N5O5S. The third-order valence-electron chi connectivity index (χ3n) is 7.86. The van der Waals surface area contributed by atoms with Crippen LogP contribution in [0.2, 0.25) is 0 Å². The molecule has 1 atom stereocenters. The molecule has 2 aromatic carbocycles. The first-order valence-corrected chi connectivity index (χ1v) is 15.1. The molecule has 1 amide bonds. The minimum absolute atomic E-state index is 0.0312. The van der Waals surface area contributed by atoms with E-state index >= 15 is 0 Å². The van der Waals surface area contributed by atoms with E-state index in [1.165, 1.54) is 12.1 Å². The largest absolute Gasteiger partial charge is 0.471 e. The van der Waals surface area contributed by atoms with E-state index in [1.54, 1.807) is 23.1 Å². The second-order valence-corrected chi connectivity index (χ2v) is 12.3. The van der Waals surface area contributed by atoms with Crippen molar-refractivity contribution >= 4 is 21.9 Å². The van der Waals surface area contributed by atoms with Crippen LogP contribution < -0.4 is 9.46 Å². The number of nitrogens with one attached hydrogen (secondary N) is 1. The lowest BCUT2D eigenvalue weighted by Gasteiger charge is -2.34. The molecule has 3 aromatic rings. The van der Waals surface area contributed by atoms with E-state index in [-0.39, 0.29) is 28.7 Å². The van der Waals surface area contributed by atoms with Crippen LogP contribution in [0.3, 0.4) is 0 Å². The molecule has 1 N–H and O–H groups in total. The fourth-order valence-electron chi connectivity index (χ4n) is 5.84. The Morgan fingerprint density at radius 2 is 1.70 bits per heavy atom. The number of aromatic nitrogens is 2. The summed E-state index contributed by atoms with van der Waals surface area (Å²) in [5.74, 6) is -0.0619. The highest BCUT2D eigenvalue weighted by Gasteiger charge is 2.33. The Morgan fingerprint density at radius 1 is 0.950 bits per heavy atom. The predicted octanol–water partition coefficient (Wildman–Crippen LogP) is 3.26. The topological polar surface area (TPSA) is 114 Å². The summed E-state index contributed by atoms with van der Waals surface area (Å²) in [4.78, 5) is 26.9. The van der Waals surface area contributed by atoms with E-state index in [9.17, 15) is 13.2 Å². The van der Waals surface area contributed by atoms with Crippen LogP contribution in [0.15, 0.2) is 53.4 Å². The molecular weight excluding hydrogens is 530 g/mol. The van der Waals surface area contributed by atoms with Crippen molar-refractivity contribution in [3.63, 3.8) is 0 Å². The molecule has 4 heterocycles. The van der Waals surface area contributed by atoms with Gasteiger partial charge in [0.1, 0.15) is 6.10 Å². The Morgan fingerprint density at radius 3 is 2.48 bits per heavy atom. The van der Waals surface area contributed by atoms with Gasteiger partial charge in [-0.05, 0) is 56.0 Å². The van der Waals surface area contributed by atoms with Crippen molar-refractivity contribution in [2.75, 3.05) is 44.1 Å². The summed E-state index contributed by atoms with van der Waals surface area (Å²) in [5.41, 5.74) is 3.76. The van der Waals surface area contributed by atoms with E-state index in [0.29, 0.717) is 43.5 Å². The smallest absolute Gasteiger partial charge is 0.264 e. The molecule has 6 bridgehead atoms. The van der Waals surface area contributed by atoms with Gasteiger partial charge in [-0.1, -0.05) is 24.3 Å². The number of fused-ring (bicyclic) bond motifs is 6. The van der Waals surface area contributed by atoms with E-state index < -0.39 is 10.0 Å². The van der Waals surface area contributed by atoms with Gasteiger partial charge in [0.2, 0.25) is 11.8 Å². The van der Waals surface area contributed by atoms with Crippen LogP contribution in [0, 0.1) is 13.8 Å². The van der Waals surface area contributed by atoms with Crippen LogP contribution in [0.5, 0.6) is 5.88 Å². The Labute approximate surface area is 234 Å². The van der Waals surface area contributed by atoms with Crippen LogP contribution in [-0.4, -0.2) is 85.6 Å². The van der Waals surface area contributed by atoms with Crippen LogP contribution in [0.25, 0.3) is 11.3 Å². The van der Waals surface area contributed by atoms with Gasteiger partial charge in [-0.15, -0.1) is 0 Å². The molecule has 0 radical (unpaired) electrons. The summed E-state index contributed by atoms with van der Waals surface area (Å²) in [7, 11) is -4.08. The number of benzene rings is 2. The molecule has 210 valence electrons. The third kappa shape index (κ3) is 5.41. The lowest BCUT2D eigenvalue weighted by Crippen LogP contribution is -2.45. The summed E-state index contributed by atoms with van der Waals surface area (Å²) >= 11 is 0. The summed E-state index contributed by atoms with van der Waals surface area (Å²) in [6, 6.07) is 14.2. The molecule has 3 aliphatic rings. The standard InChI is InChI=1S/C29H33N5O5S/c1-19-5-3-6-20(2)27(19)25-16-26-31-29(30-25)32-40(36,37)24-8-4-7-21(15-24)28(35)34-12-11-33(17-23(18-34)39-26)22-9-13-38-14-10-22/h3-8,15-16,22-23H,9-14,17-18H2,1-2H3,(H,30,31,32)/t23-/m1/s1. The van der Waals surface area contributed by atoms with Crippen molar-refractivity contribution in [3.05, 3.63) is 65.2 Å². The van der Waals surface area contributed by atoms with Gasteiger partial charge in [0.15, 0.2) is 0 Å². The number of carbonyl (C=O) groups excluding carboxylic acids is 1. The summed E-state index contributed by atoms with van der Waals surface area (Å²) in [6.45, 7) is 7.58. The maximum atomic E-state index is 13.7. The number of anilines is 1. The van der Waals surface area contributed by atoms with Gasteiger partial charge < -0.3 is 14.4 Å². The monoisotopic (exact) mass is 563 g/mol. The van der Waals surface area contributed by atoms with Gasteiger partial charge in [0, 0.05) is 56.1 Å². The fraction of sp³-hybridized carbons (Fsp3) is 0.414. The molecule has 40 heavy (non-hydrogen) atoms. The Hall–Kier alpha value is -3.54. The van der Waals surface area contributed by atoms with Gasteiger partial charge in [0.25, 0.3) is 15.9 Å². The molecule has 11 heteroatoms. The molecule has 0 unspecified atom stereocenters. The fourth-order valence-corrected chi connectivity index (χ4v) is 6.83. The van der Waals surface area contributed by atoms with E-state index in [1.807, 2.05) is 32.0 Å². The number of nitrogens with zero attached hydrogens (tertiary/aromatic N) is 4. The number of carbonyl (C=O) groups is 1. The first-order valence-electron chi connectivity index (χ1n) is 13.6. The zero-order valence-electron chi connectivity index (χ0n) is 22.7. The van der Waals surface area contributed by atoms with Gasteiger partial charge in [-0.25, -0.2) is 18.1 Å². The molecule has 2 fully saturated rings. The highest BCUT2D eigenvalue weighted by atomic mass is 32.2. The summed E-state index contributed by atoms with van der Waals surface area (Å²) in [5, 5.41) is 0. The van der Waals surface area contributed by atoms with Crippen molar-refractivity contribution < 1.29 is 22.7 Å². The molecule has 2 saturated heterocycles. The maximum Gasteiger partial charge on any atom is 0.264 e. The SMILES string of the molecule is Cc1cccc(C)c1-c1cc2nc(n1)NS(=O)(=O)c1cccc(c1)C(=O)N1CCN(C3CCOCC3)C[C@H](C1)O2. The number of rotatable bonds is 2. The predicted molar refractivity (Wildman–Crippen MR) is 150 cm³/mol. The zero-order chi connectivity index (χ0) is 27.9. The molecule has 3 aliphatic heterocycles. The van der Waals surface area contributed by atoms with Crippen LogP contribution in [0.1, 0.15) is 34.3 Å². The number of aryl methyl sites for hydroxylation is 2. The van der Waals surface area contributed by atoms with Crippen molar-refractivity contribution in [1.82, 2.24) is 19.8 Å². The number of amides is 1. The molecule has 10 nitrogen and oxygen atoms in total. The highest BCUT2D eigenvalue weighted by molar-refractivity contribution is 7.92. The number of hydrogen-bond acceptors (Lipinski definition) is 8. The normalized spacial score (nSPS) is 21.7. The van der Waals surface area contributed by atoms with Gasteiger partial charge >= 0.3 is 0 Å². The Balaban J connectivity index is 1.47. The first-order chi connectivity index (χ1) is 19.3. The lowest BCUT2D eigenvalue weighted by molar-refractivity contribution is 0.0245. The Bertz CT molecular complexity index is 1520.